The minimum Gasteiger partial charge on any atom is -0.493 e. The second kappa shape index (κ2) is 6.76. The van der Waals surface area contributed by atoms with E-state index in [2.05, 4.69) is 0 Å². The Balaban J connectivity index is 1.17. The number of halogens is 4. The zero-order chi connectivity index (χ0) is 25.3. The van der Waals surface area contributed by atoms with Crippen molar-refractivity contribution >= 4 is 11.9 Å². The lowest BCUT2D eigenvalue weighted by molar-refractivity contribution is -0.199. The number of hydrogen-bond donors (Lipinski definition) is 1. The number of carboxylic acids is 1. The maximum absolute atomic E-state index is 15.8. The maximum atomic E-state index is 15.8. The second-order valence-electron chi connectivity index (χ2n) is 12.7. The first-order valence-corrected chi connectivity index (χ1v) is 13.0. The highest BCUT2D eigenvalue weighted by molar-refractivity contribution is 5.97. The monoisotopic (exact) mass is 507 g/mol. The number of nitrogens with zero attached hydrogens (tertiary/aromatic N) is 1. The molecule has 7 rings (SSSR count). The van der Waals surface area contributed by atoms with Crippen LogP contribution in [0.3, 0.4) is 0 Å². The second-order valence-corrected chi connectivity index (χ2v) is 12.7. The molecular weight excluding hydrogens is 478 g/mol. The summed E-state index contributed by atoms with van der Waals surface area (Å²) in [6.45, 7) is 0.227. The van der Waals surface area contributed by atoms with Gasteiger partial charge in [-0.2, -0.15) is 0 Å². The van der Waals surface area contributed by atoms with Gasteiger partial charge in [-0.05, 0) is 68.9 Å². The molecule has 1 saturated heterocycles. The van der Waals surface area contributed by atoms with Gasteiger partial charge in [-0.3, -0.25) is 4.79 Å². The number of fused-ring (bicyclic) bond motifs is 2. The molecule has 0 radical (unpaired) electrons. The lowest BCUT2D eigenvalue weighted by Crippen LogP contribution is -2.64. The first-order chi connectivity index (χ1) is 16.9. The van der Waals surface area contributed by atoms with E-state index in [1.165, 1.54) is 11.0 Å². The molecule has 6 aliphatic rings. The van der Waals surface area contributed by atoms with Crippen LogP contribution >= 0.6 is 0 Å². The number of amides is 1. The standard InChI is InChI=1S/C27H29F4NO4/c28-18-7-20(16(15-3-4-15)6-17(18)21(33)32-5-1-2-19(32)22(34)35)36-14-23-8-24(29)11-25(9-23)26(30,10-23)13-27(25,31)12-24/h6-7,15,19H,1-5,8-14H2,(H,34,35)/t19-,23?,24?,25?,26?,27?/m0/s1. The SMILES string of the molecule is O=C(O)[C@@H]1CCCN1C(=O)c1cc(C2CC2)c(OCC23CC4(F)CC5(F)CC(F)(C2)C5(C4)C3)cc1F. The van der Waals surface area contributed by atoms with E-state index in [1.54, 1.807) is 0 Å². The van der Waals surface area contributed by atoms with Crippen molar-refractivity contribution in [1.82, 2.24) is 4.90 Å². The van der Waals surface area contributed by atoms with E-state index in [0.29, 0.717) is 18.4 Å². The van der Waals surface area contributed by atoms with Crippen LogP contribution in [0.15, 0.2) is 12.1 Å². The fourth-order valence-corrected chi connectivity index (χ4v) is 8.94. The summed E-state index contributed by atoms with van der Waals surface area (Å²) in [7, 11) is 0. The molecule has 9 heteroatoms. The molecule has 6 atom stereocenters. The Morgan fingerprint density at radius 2 is 1.75 bits per heavy atom. The largest absolute Gasteiger partial charge is 0.493 e. The summed E-state index contributed by atoms with van der Waals surface area (Å²) in [4.78, 5) is 25.8. The van der Waals surface area contributed by atoms with Crippen LogP contribution in [-0.4, -0.2) is 58.1 Å². The summed E-state index contributed by atoms with van der Waals surface area (Å²) in [5.74, 6) is -2.24. The van der Waals surface area contributed by atoms with Crippen molar-refractivity contribution in [3.63, 3.8) is 0 Å². The number of benzene rings is 1. The van der Waals surface area contributed by atoms with Crippen molar-refractivity contribution < 1.29 is 37.0 Å². The lowest BCUT2D eigenvalue weighted by Gasteiger charge is -2.57. The molecule has 0 aromatic heterocycles. The number of carboxylic acid groups (broad SMARTS) is 1. The van der Waals surface area contributed by atoms with Crippen LogP contribution < -0.4 is 4.74 Å². The Bertz CT molecular complexity index is 1200. The van der Waals surface area contributed by atoms with Gasteiger partial charge in [-0.25, -0.2) is 22.4 Å². The minimum atomic E-state index is -1.79. The summed E-state index contributed by atoms with van der Waals surface area (Å²) >= 11 is 0. The van der Waals surface area contributed by atoms with Crippen molar-refractivity contribution in [2.45, 2.75) is 93.2 Å². The Kier molecular flexibility index (Phi) is 4.29. The van der Waals surface area contributed by atoms with Gasteiger partial charge >= 0.3 is 5.97 Å². The first-order valence-electron chi connectivity index (χ1n) is 13.0. The topological polar surface area (TPSA) is 66.8 Å². The highest BCUT2D eigenvalue weighted by Crippen LogP contribution is 2.85. The molecule has 5 aliphatic carbocycles. The van der Waals surface area contributed by atoms with Crippen molar-refractivity contribution in [2.75, 3.05) is 13.2 Å². The van der Waals surface area contributed by atoms with Crippen molar-refractivity contribution in [3.05, 3.63) is 29.1 Å². The number of rotatable bonds is 6. The molecule has 5 nitrogen and oxygen atoms in total. The van der Waals surface area contributed by atoms with Gasteiger partial charge in [-0.15, -0.1) is 0 Å². The molecule has 1 N–H and O–H groups in total. The minimum absolute atomic E-state index is 0.0260. The lowest BCUT2D eigenvalue weighted by atomic mass is 9.51. The smallest absolute Gasteiger partial charge is 0.326 e. The highest BCUT2D eigenvalue weighted by Gasteiger charge is 2.89. The molecule has 6 fully saturated rings. The third-order valence-corrected chi connectivity index (χ3v) is 10.2. The molecule has 1 spiro atoms. The molecule has 36 heavy (non-hydrogen) atoms. The third kappa shape index (κ3) is 2.83. The molecule has 1 aromatic rings. The number of aliphatic carboxylic acids is 1. The van der Waals surface area contributed by atoms with Gasteiger partial charge in [0.05, 0.1) is 12.2 Å². The van der Waals surface area contributed by atoms with Crippen molar-refractivity contribution in [3.8, 4) is 5.75 Å². The van der Waals surface area contributed by atoms with Gasteiger partial charge in [0.2, 0.25) is 0 Å². The summed E-state index contributed by atoms with van der Waals surface area (Å²) in [5.41, 5.74) is -6.88. The molecular formula is C27H29F4NO4. The van der Waals surface area contributed by atoms with Crippen LogP contribution in [0.5, 0.6) is 5.75 Å². The predicted octanol–water partition coefficient (Wildman–Crippen LogP) is 5.26. The predicted molar refractivity (Wildman–Crippen MR) is 120 cm³/mol. The van der Waals surface area contributed by atoms with Crippen LogP contribution in [-0.2, 0) is 4.79 Å². The van der Waals surface area contributed by atoms with Crippen LogP contribution in [0.4, 0.5) is 17.6 Å². The third-order valence-electron chi connectivity index (χ3n) is 10.2. The molecule has 1 heterocycles. The molecule has 1 amide bonds. The Morgan fingerprint density at radius 1 is 1.00 bits per heavy atom. The van der Waals surface area contributed by atoms with E-state index in [0.717, 1.165) is 18.9 Å². The molecule has 194 valence electrons. The van der Waals surface area contributed by atoms with Gasteiger partial charge < -0.3 is 14.7 Å². The average Bonchev–Trinajstić information content (AvgIpc) is 3.43. The Hall–Kier alpha value is -2.32. The van der Waals surface area contributed by atoms with Crippen LogP contribution in [0, 0.1) is 16.6 Å². The van der Waals surface area contributed by atoms with Gasteiger partial charge in [0.1, 0.15) is 34.6 Å². The zero-order valence-corrected chi connectivity index (χ0v) is 19.9. The Labute approximate surface area is 206 Å². The van der Waals surface area contributed by atoms with Crippen LogP contribution in [0.2, 0.25) is 0 Å². The van der Waals surface area contributed by atoms with Crippen molar-refractivity contribution in [1.29, 1.82) is 0 Å². The van der Waals surface area contributed by atoms with Gasteiger partial charge in [0.15, 0.2) is 0 Å². The molecule has 3 bridgehead atoms. The number of likely N-dealkylation sites (tertiary alicyclic amines) is 1. The van der Waals surface area contributed by atoms with E-state index in [1.807, 2.05) is 0 Å². The van der Waals surface area contributed by atoms with E-state index in [9.17, 15) is 14.7 Å². The normalized spacial score (nSPS) is 44.0. The fourth-order valence-electron chi connectivity index (χ4n) is 8.94. The van der Waals surface area contributed by atoms with E-state index in [4.69, 9.17) is 4.74 Å². The highest BCUT2D eigenvalue weighted by atomic mass is 19.2. The summed E-state index contributed by atoms with van der Waals surface area (Å²) in [5, 5.41) is 9.42. The molecule has 1 aromatic carbocycles. The van der Waals surface area contributed by atoms with E-state index < -0.39 is 51.6 Å². The quantitative estimate of drug-likeness (QED) is 0.534. The maximum Gasteiger partial charge on any atom is 0.326 e. The summed E-state index contributed by atoms with van der Waals surface area (Å²) in [6.07, 6.45) is 2.33. The number of ether oxygens (including phenoxy) is 1. The molecule has 5 saturated carbocycles. The zero-order valence-electron chi connectivity index (χ0n) is 19.9. The van der Waals surface area contributed by atoms with Crippen LogP contribution in [0.25, 0.3) is 0 Å². The summed E-state index contributed by atoms with van der Waals surface area (Å²) in [6, 6.07) is 1.64. The van der Waals surface area contributed by atoms with E-state index in [-0.39, 0.29) is 68.9 Å². The number of hydrogen-bond acceptors (Lipinski definition) is 3. The number of carbonyl (C=O) groups is 2. The van der Waals surface area contributed by atoms with Gasteiger partial charge in [0, 0.05) is 36.3 Å². The first kappa shape index (κ1) is 22.8. The number of alkyl halides is 3. The van der Waals surface area contributed by atoms with E-state index >= 15 is 17.6 Å². The van der Waals surface area contributed by atoms with Gasteiger partial charge in [-0.1, -0.05) is 0 Å². The Morgan fingerprint density at radius 3 is 2.47 bits per heavy atom. The molecule has 5 unspecified atom stereocenters. The number of carbonyl (C=O) groups excluding carboxylic acids is 1. The van der Waals surface area contributed by atoms with Crippen LogP contribution in [0.1, 0.15) is 86.0 Å². The van der Waals surface area contributed by atoms with Gasteiger partial charge in [0.25, 0.3) is 5.91 Å². The van der Waals surface area contributed by atoms with Crippen molar-refractivity contribution in [2.24, 2.45) is 10.8 Å². The fraction of sp³-hybridized carbons (Fsp3) is 0.704. The molecule has 1 aliphatic heterocycles. The average molecular weight is 508 g/mol. The summed E-state index contributed by atoms with van der Waals surface area (Å²) < 4.78 is 68.1.